The highest BCUT2D eigenvalue weighted by atomic mass is 35.5. The number of nitrogens with one attached hydrogen (secondary N) is 4. The van der Waals surface area contributed by atoms with E-state index in [9.17, 15) is 32.3 Å². The normalized spacial score (nSPS) is 15.2. The van der Waals surface area contributed by atoms with Gasteiger partial charge in [-0.15, -0.1) is 0 Å². The summed E-state index contributed by atoms with van der Waals surface area (Å²) in [5, 5.41) is 16.5. The number of aromatic nitrogens is 3. The standard InChI is InChI=1S/C34H39ClF3N9O5/c1-19(48)16-21(28(41)50)17-26(49)25(4-2-3-5-27(39)40)43-29(51)20-6-12-24(13-7-20)42-30-44-31(46-32(45-30)52-18-34(36,37)38)47-33(14-15-33)22-8-10-23(35)11-9-22/h6-13,21,25H,2-5,14-18H2,1H3,(H3,39,40)(H2,41,50)(H,43,51)(H2,42,44,45,46,47)/t21-,25+/m1/s1/i18D2. The van der Waals surface area contributed by atoms with Crippen LogP contribution >= 0.6 is 11.6 Å². The second-order valence-corrected chi connectivity index (χ2v) is 12.8. The Morgan fingerprint density at radius 1 is 1.00 bits per heavy atom. The third-order valence-corrected chi connectivity index (χ3v) is 8.29. The van der Waals surface area contributed by atoms with Crippen LogP contribution in [0.2, 0.25) is 5.02 Å². The summed E-state index contributed by atoms with van der Waals surface area (Å²) in [6.07, 6.45) is -3.44. The van der Waals surface area contributed by atoms with E-state index in [1.54, 1.807) is 24.3 Å². The van der Waals surface area contributed by atoms with Crippen molar-refractivity contribution in [2.24, 2.45) is 17.4 Å². The topological polar surface area (TPSA) is 228 Å². The summed E-state index contributed by atoms with van der Waals surface area (Å²) in [5.74, 6) is -3.91. The van der Waals surface area contributed by atoms with Gasteiger partial charge in [0, 0.05) is 35.5 Å². The number of primary amides is 1. The van der Waals surface area contributed by atoms with Crippen LogP contribution in [0.1, 0.15) is 77.0 Å². The molecule has 1 aliphatic carbocycles. The number of carbonyl (C=O) groups is 4. The van der Waals surface area contributed by atoms with Crippen molar-refractivity contribution in [2.45, 2.75) is 76.0 Å². The number of unbranched alkanes of at least 4 members (excludes halogenated alkanes) is 1. The van der Waals surface area contributed by atoms with Crippen molar-refractivity contribution < 1.29 is 39.8 Å². The van der Waals surface area contributed by atoms with Crippen LogP contribution in [0.5, 0.6) is 6.01 Å². The molecular formula is C34H39ClF3N9O5. The maximum atomic E-state index is 13.4. The van der Waals surface area contributed by atoms with Gasteiger partial charge < -0.3 is 36.9 Å². The Hall–Kier alpha value is -5.32. The molecule has 0 saturated heterocycles. The Kier molecular flexibility index (Phi) is 12.1. The molecule has 8 N–H and O–H groups in total. The summed E-state index contributed by atoms with van der Waals surface area (Å²) in [7, 11) is 0. The molecule has 4 rings (SSSR count). The zero-order chi connectivity index (χ0) is 39.8. The molecule has 2 aromatic carbocycles. The second kappa shape index (κ2) is 17.3. The second-order valence-electron chi connectivity index (χ2n) is 12.4. The molecule has 2 atom stereocenters. The highest BCUT2D eigenvalue weighted by Gasteiger charge is 2.45. The van der Waals surface area contributed by atoms with E-state index in [2.05, 4.69) is 35.6 Å². The molecule has 3 aromatic rings. The number of alkyl halides is 3. The molecule has 0 aliphatic heterocycles. The minimum Gasteiger partial charge on any atom is -0.454 e. The monoisotopic (exact) mass is 747 g/mol. The van der Waals surface area contributed by atoms with Crippen LogP contribution in [-0.4, -0.2) is 62.9 Å². The minimum absolute atomic E-state index is 0.0359. The van der Waals surface area contributed by atoms with Crippen LogP contribution < -0.4 is 32.2 Å². The quantitative estimate of drug-likeness (QED) is 0.0515. The SMILES string of the molecule is [2H]C([2H])(Oc1nc(Nc2ccc(C(=O)N[C@@H](CCCCC(=N)N)C(=O)C[C@@H](CC(C)=O)C(N)=O)cc2)nc(NC2(c3ccc(Cl)cc3)CC2)n1)C(F)(F)F. The van der Waals surface area contributed by atoms with E-state index in [-0.39, 0.29) is 60.4 Å². The Morgan fingerprint density at radius 3 is 2.23 bits per heavy atom. The highest BCUT2D eigenvalue weighted by molar-refractivity contribution is 6.30. The number of nitrogens with two attached hydrogens (primary N) is 2. The fourth-order valence-corrected chi connectivity index (χ4v) is 5.40. The summed E-state index contributed by atoms with van der Waals surface area (Å²) in [6.45, 7) is -2.87. The number of anilines is 3. The molecule has 0 unspecified atom stereocenters. The van der Waals surface area contributed by atoms with Crippen molar-refractivity contribution in [1.82, 2.24) is 20.3 Å². The molecule has 14 nitrogen and oxygen atoms in total. The number of halogens is 4. The predicted octanol–water partition coefficient (Wildman–Crippen LogP) is 4.95. The number of carbonyl (C=O) groups excluding carboxylic acids is 4. The maximum absolute atomic E-state index is 13.4. The highest BCUT2D eigenvalue weighted by Crippen LogP contribution is 2.48. The van der Waals surface area contributed by atoms with E-state index in [0.717, 1.165) is 5.56 Å². The van der Waals surface area contributed by atoms with Crippen LogP contribution in [0.4, 0.5) is 30.8 Å². The van der Waals surface area contributed by atoms with Gasteiger partial charge in [0.1, 0.15) is 5.78 Å². The van der Waals surface area contributed by atoms with Gasteiger partial charge in [-0.25, -0.2) is 0 Å². The van der Waals surface area contributed by atoms with E-state index < -0.39 is 53.8 Å². The third kappa shape index (κ3) is 12.2. The lowest BCUT2D eigenvalue weighted by Crippen LogP contribution is -2.42. The number of ketones is 2. The predicted molar refractivity (Wildman–Crippen MR) is 186 cm³/mol. The van der Waals surface area contributed by atoms with E-state index in [0.29, 0.717) is 30.7 Å². The smallest absolute Gasteiger partial charge is 0.422 e. The average molecular weight is 748 g/mol. The third-order valence-electron chi connectivity index (χ3n) is 8.04. The van der Waals surface area contributed by atoms with Gasteiger partial charge in [-0.1, -0.05) is 30.2 Å². The molecule has 1 heterocycles. The largest absolute Gasteiger partial charge is 0.454 e. The average Bonchev–Trinajstić information content (AvgIpc) is 3.85. The Bertz CT molecular complexity index is 1860. The van der Waals surface area contributed by atoms with E-state index in [4.69, 9.17) is 31.2 Å². The Balaban J connectivity index is 1.53. The molecule has 52 heavy (non-hydrogen) atoms. The molecule has 0 spiro atoms. The van der Waals surface area contributed by atoms with Gasteiger partial charge in [0.05, 0.1) is 26.1 Å². The van der Waals surface area contributed by atoms with Crippen molar-refractivity contribution in [3.05, 3.63) is 64.7 Å². The van der Waals surface area contributed by atoms with Crippen LogP contribution in [0.25, 0.3) is 0 Å². The minimum atomic E-state index is -5.41. The number of Topliss-reactive ketones (excluding diaryl/α,β-unsaturated/α-hetero) is 2. The number of rotatable bonds is 20. The molecule has 2 amide bonds. The first-order chi connectivity index (χ1) is 25.3. The number of benzene rings is 2. The van der Waals surface area contributed by atoms with Gasteiger partial charge >= 0.3 is 12.2 Å². The fraction of sp³-hybridized carbons (Fsp3) is 0.412. The summed E-state index contributed by atoms with van der Waals surface area (Å²) in [5.41, 5.74) is 11.3. The van der Waals surface area contributed by atoms with Crippen LogP contribution in [0, 0.1) is 11.3 Å². The lowest BCUT2D eigenvalue weighted by atomic mass is 9.91. The number of nitrogens with zero attached hydrogens (tertiary/aromatic N) is 3. The molecule has 1 aliphatic rings. The Morgan fingerprint density at radius 2 is 1.65 bits per heavy atom. The Labute approximate surface area is 305 Å². The molecule has 1 aromatic heterocycles. The molecule has 0 radical (unpaired) electrons. The first-order valence-electron chi connectivity index (χ1n) is 17.2. The van der Waals surface area contributed by atoms with Gasteiger partial charge in [0.15, 0.2) is 12.3 Å². The van der Waals surface area contributed by atoms with Crippen molar-refractivity contribution in [1.29, 1.82) is 5.41 Å². The van der Waals surface area contributed by atoms with Crippen molar-refractivity contribution in [3.63, 3.8) is 0 Å². The van der Waals surface area contributed by atoms with Gasteiger partial charge in [-0.3, -0.25) is 19.8 Å². The van der Waals surface area contributed by atoms with E-state index in [1.165, 1.54) is 31.2 Å². The first-order valence-corrected chi connectivity index (χ1v) is 16.5. The van der Waals surface area contributed by atoms with Crippen LogP contribution in [-0.2, 0) is 19.9 Å². The molecule has 18 heteroatoms. The number of ether oxygens (including phenoxy) is 1. The maximum Gasteiger partial charge on any atom is 0.422 e. The zero-order valence-electron chi connectivity index (χ0n) is 30.0. The van der Waals surface area contributed by atoms with Crippen molar-refractivity contribution in [2.75, 3.05) is 17.2 Å². The first kappa shape index (κ1) is 36.5. The number of amidine groups is 1. The molecule has 278 valence electrons. The number of hydrogen-bond acceptors (Lipinski definition) is 11. The fourth-order valence-electron chi connectivity index (χ4n) is 5.27. The lowest BCUT2D eigenvalue weighted by Gasteiger charge is -2.20. The van der Waals surface area contributed by atoms with Gasteiger partial charge in [-0.05, 0) is 74.6 Å². The number of amides is 2. The van der Waals surface area contributed by atoms with Crippen molar-refractivity contribution >= 4 is 58.4 Å². The van der Waals surface area contributed by atoms with Crippen LogP contribution in [0.3, 0.4) is 0 Å². The molecular weight excluding hydrogens is 707 g/mol. The van der Waals surface area contributed by atoms with Gasteiger partial charge in [0.2, 0.25) is 17.8 Å². The molecule has 1 fully saturated rings. The summed E-state index contributed by atoms with van der Waals surface area (Å²) >= 11 is 6.02. The van der Waals surface area contributed by atoms with Gasteiger partial charge in [0.25, 0.3) is 5.91 Å². The number of hydrogen-bond donors (Lipinski definition) is 6. The lowest BCUT2D eigenvalue weighted by molar-refractivity contribution is -0.154. The summed E-state index contributed by atoms with van der Waals surface area (Å²) in [4.78, 5) is 62.0. The van der Waals surface area contributed by atoms with Crippen molar-refractivity contribution in [3.8, 4) is 6.01 Å². The van der Waals surface area contributed by atoms with E-state index in [1.807, 2.05) is 0 Å². The van der Waals surface area contributed by atoms with E-state index >= 15 is 0 Å². The molecule has 0 bridgehead atoms. The zero-order valence-corrected chi connectivity index (χ0v) is 28.7. The van der Waals surface area contributed by atoms with Gasteiger partial charge in [-0.2, -0.15) is 28.1 Å². The molecule has 1 saturated carbocycles. The summed E-state index contributed by atoms with van der Waals surface area (Å²) < 4.78 is 59.4. The van der Waals surface area contributed by atoms with Crippen LogP contribution in [0.15, 0.2) is 48.5 Å². The summed E-state index contributed by atoms with van der Waals surface area (Å²) in [6, 6.07) is 10.5.